The van der Waals surface area contributed by atoms with Crippen molar-refractivity contribution in [3.05, 3.63) is 30.2 Å². The van der Waals surface area contributed by atoms with Gasteiger partial charge in [-0.2, -0.15) is 0 Å². The molecule has 0 aliphatic carbocycles. The summed E-state index contributed by atoms with van der Waals surface area (Å²) in [6, 6.07) is 6.97. The molecule has 0 bridgehead atoms. The Bertz CT molecular complexity index is 409. The average molecular weight is 229 g/mol. The van der Waals surface area contributed by atoms with Gasteiger partial charge in [-0.25, -0.2) is 4.98 Å². The minimum absolute atomic E-state index is 0. The number of hydrogen-bond donors (Lipinski definition) is 2. The highest BCUT2D eigenvalue weighted by atomic mass is 35.5. The number of halogens is 1. The van der Waals surface area contributed by atoms with Gasteiger partial charge in [0.15, 0.2) is 5.58 Å². The van der Waals surface area contributed by atoms with Gasteiger partial charge in [0, 0.05) is 6.04 Å². The summed E-state index contributed by atoms with van der Waals surface area (Å²) in [4.78, 5) is 4.14. The second kappa shape index (κ2) is 4.61. The van der Waals surface area contributed by atoms with Crippen LogP contribution in [0.25, 0.3) is 11.1 Å². The van der Waals surface area contributed by atoms with Crippen molar-refractivity contribution in [1.82, 2.24) is 4.98 Å². The lowest BCUT2D eigenvalue weighted by Gasteiger charge is -2.08. The van der Waals surface area contributed by atoms with Gasteiger partial charge in [-0.3, -0.25) is 0 Å². The maximum Gasteiger partial charge on any atom is 0.225 e. The second-order valence-corrected chi connectivity index (χ2v) is 3.32. The second-order valence-electron chi connectivity index (χ2n) is 3.32. The lowest BCUT2D eigenvalue weighted by molar-refractivity contribution is 0.123. The van der Waals surface area contributed by atoms with Gasteiger partial charge in [0.1, 0.15) is 11.6 Å². The molecule has 2 rings (SSSR count). The Labute approximate surface area is 93.5 Å². The zero-order valence-electron chi connectivity index (χ0n) is 8.25. The van der Waals surface area contributed by atoms with Crippen molar-refractivity contribution in [3.8, 4) is 0 Å². The van der Waals surface area contributed by atoms with Crippen LogP contribution in [-0.4, -0.2) is 16.1 Å². The highest BCUT2D eigenvalue weighted by molar-refractivity contribution is 5.85. The molecule has 0 saturated carbocycles. The average Bonchev–Trinajstić information content (AvgIpc) is 2.59. The van der Waals surface area contributed by atoms with E-state index in [1.54, 1.807) is 13.0 Å². The molecule has 0 amide bonds. The number of nitrogens with zero attached hydrogens (tertiary/aromatic N) is 1. The van der Waals surface area contributed by atoms with Crippen LogP contribution >= 0.6 is 12.4 Å². The van der Waals surface area contributed by atoms with E-state index in [2.05, 4.69) is 4.98 Å². The number of aliphatic hydroxyl groups excluding tert-OH is 1. The number of aliphatic hydroxyl groups is 1. The molecule has 0 aliphatic rings. The Morgan fingerprint density at radius 1 is 1.40 bits per heavy atom. The van der Waals surface area contributed by atoms with Crippen LogP contribution in [0.4, 0.5) is 0 Å². The predicted octanol–water partition coefficient (Wildman–Crippen LogP) is 1.63. The van der Waals surface area contributed by atoms with Gasteiger partial charge in [-0.1, -0.05) is 12.1 Å². The zero-order valence-corrected chi connectivity index (χ0v) is 9.07. The first-order valence-corrected chi connectivity index (χ1v) is 4.47. The largest absolute Gasteiger partial charge is 0.438 e. The molecule has 2 aromatic rings. The molecule has 15 heavy (non-hydrogen) atoms. The summed E-state index contributed by atoms with van der Waals surface area (Å²) in [6.45, 7) is 1.71. The number of hydrogen-bond acceptors (Lipinski definition) is 4. The number of rotatable bonds is 2. The van der Waals surface area contributed by atoms with Gasteiger partial charge >= 0.3 is 0 Å². The third-order valence-electron chi connectivity index (χ3n) is 2.06. The Balaban J connectivity index is 0.00000112. The van der Waals surface area contributed by atoms with Crippen LogP contribution in [0.2, 0.25) is 0 Å². The first-order valence-electron chi connectivity index (χ1n) is 4.47. The molecule has 3 N–H and O–H groups in total. The Morgan fingerprint density at radius 2 is 2.07 bits per heavy atom. The Kier molecular flexibility index (Phi) is 3.68. The maximum absolute atomic E-state index is 9.62. The fourth-order valence-electron chi connectivity index (χ4n) is 1.24. The first-order chi connectivity index (χ1) is 6.68. The summed E-state index contributed by atoms with van der Waals surface area (Å²) in [6.07, 6.45) is -0.845. The molecular weight excluding hydrogens is 216 g/mol. The van der Waals surface area contributed by atoms with E-state index in [0.717, 1.165) is 5.52 Å². The minimum Gasteiger partial charge on any atom is -0.438 e. The Morgan fingerprint density at radius 3 is 2.67 bits per heavy atom. The highest BCUT2D eigenvalue weighted by Crippen LogP contribution is 2.20. The number of para-hydroxylation sites is 2. The molecule has 1 aromatic heterocycles. The predicted molar refractivity (Wildman–Crippen MR) is 59.9 cm³/mol. The normalized spacial score (nSPS) is 14.6. The monoisotopic (exact) mass is 228 g/mol. The van der Waals surface area contributed by atoms with Crippen molar-refractivity contribution in [2.75, 3.05) is 0 Å². The molecule has 1 aromatic carbocycles. The fourth-order valence-corrected chi connectivity index (χ4v) is 1.24. The number of fused-ring (bicyclic) bond motifs is 1. The molecule has 2 atom stereocenters. The molecule has 1 unspecified atom stereocenters. The van der Waals surface area contributed by atoms with Crippen molar-refractivity contribution >= 4 is 23.5 Å². The van der Waals surface area contributed by atoms with Gasteiger partial charge in [0.2, 0.25) is 5.89 Å². The van der Waals surface area contributed by atoms with Crippen molar-refractivity contribution in [2.45, 2.75) is 19.1 Å². The highest BCUT2D eigenvalue weighted by Gasteiger charge is 2.18. The molecule has 0 saturated heterocycles. The summed E-state index contributed by atoms with van der Waals surface area (Å²) in [7, 11) is 0. The summed E-state index contributed by atoms with van der Waals surface area (Å²) in [5.74, 6) is 0.279. The standard InChI is InChI=1S/C10H12N2O2.ClH/c1-6(11)9(13)10-12-7-4-2-3-5-8(7)14-10;/h2-6,9,13H,11H2,1H3;1H/t6?,9-;/m0./s1. The van der Waals surface area contributed by atoms with Gasteiger partial charge in [-0.05, 0) is 19.1 Å². The van der Waals surface area contributed by atoms with Crippen molar-refractivity contribution in [3.63, 3.8) is 0 Å². The van der Waals surface area contributed by atoms with Crippen molar-refractivity contribution < 1.29 is 9.52 Å². The van der Waals surface area contributed by atoms with Crippen LogP contribution in [-0.2, 0) is 0 Å². The summed E-state index contributed by atoms with van der Waals surface area (Å²) < 4.78 is 5.35. The van der Waals surface area contributed by atoms with E-state index in [1.807, 2.05) is 18.2 Å². The lowest BCUT2D eigenvalue weighted by Crippen LogP contribution is -2.24. The van der Waals surface area contributed by atoms with Gasteiger partial charge in [0.25, 0.3) is 0 Å². The molecule has 0 radical (unpaired) electrons. The molecule has 0 aliphatic heterocycles. The minimum atomic E-state index is -0.845. The van der Waals surface area contributed by atoms with Crippen LogP contribution in [0.1, 0.15) is 18.9 Å². The van der Waals surface area contributed by atoms with E-state index < -0.39 is 6.10 Å². The van der Waals surface area contributed by atoms with Crippen molar-refractivity contribution in [1.29, 1.82) is 0 Å². The summed E-state index contributed by atoms with van der Waals surface area (Å²) in [5, 5.41) is 9.62. The third-order valence-corrected chi connectivity index (χ3v) is 2.06. The van der Waals surface area contributed by atoms with Crippen LogP contribution in [0.3, 0.4) is 0 Å². The van der Waals surface area contributed by atoms with Gasteiger partial charge < -0.3 is 15.3 Å². The number of nitrogens with two attached hydrogens (primary N) is 1. The van der Waals surface area contributed by atoms with Crippen LogP contribution in [0, 0.1) is 0 Å². The van der Waals surface area contributed by atoms with E-state index in [4.69, 9.17) is 10.2 Å². The fraction of sp³-hybridized carbons (Fsp3) is 0.300. The third kappa shape index (κ3) is 2.28. The molecule has 1 heterocycles. The molecular formula is C10H13ClN2O2. The molecule has 82 valence electrons. The summed E-state index contributed by atoms with van der Waals surface area (Å²) in [5.41, 5.74) is 6.95. The lowest BCUT2D eigenvalue weighted by atomic mass is 10.2. The van der Waals surface area contributed by atoms with Crippen LogP contribution in [0.5, 0.6) is 0 Å². The van der Waals surface area contributed by atoms with Crippen LogP contribution in [0.15, 0.2) is 28.7 Å². The van der Waals surface area contributed by atoms with Crippen molar-refractivity contribution in [2.24, 2.45) is 5.73 Å². The quantitative estimate of drug-likeness (QED) is 0.820. The zero-order chi connectivity index (χ0) is 10.1. The smallest absolute Gasteiger partial charge is 0.225 e. The van der Waals surface area contributed by atoms with E-state index in [0.29, 0.717) is 5.58 Å². The van der Waals surface area contributed by atoms with E-state index in [-0.39, 0.29) is 24.3 Å². The maximum atomic E-state index is 9.62. The van der Waals surface area contributed by atoms with E-state index >= 15 is 0 Å². The van der Waals surface area contributed by atoms with Gasteiger partial charge in [0.05, 0.1) is 0 Å². The Hall–Kier alpha value is -1.10. The van der Waals surface area contributed by atoms with Gasteiger partial charge in [-0.15, -0.1) is 12.4 Å². The molecule has 4 nitrogen and oxygen atoms in total. The number of aromatic nitrogens is 1. The molecule has 5 heteroatoms. The topological polar surface area (TPSA) is 72.3 Å². The SMILES string of the molecule is CC(N)[C@H](O)c1nc2ccccc2o1.Cl. The number of oxazole rings is 1. The van der Waals surface area contributed by atoms with E-state index in [1.165, 1.54) is 0 Å². The molecule has 0 spiro atoms. The summed E-state index contributed by atoms with van der Waals surface area (Å²) >= 11 is 0. The number of benzene rings is 1. The van der Waals surface area contributed by atoms with Crippen LogP contribution < -0.4 is 5.73 Å². The first kappa shape index (κ1) is 12.0. The molecule has 0 fully saturated rings. The van der Waals surface area contributed by atoms with E-state index in [9.17, 15) is 5.11 Å².